The van der Waals surface area contributed by atoms with Gasteiger partial charge < -0.3 is 15.4 Å². The van der Waals surface area contributed by atoms with Crippen molar-refractivity contribution in [2.24, 2.45) is 0 Å². The Labute approximate surface area is 113 Å². The van der Waals surface area contributed by atoms with Gasteiger partial charge in [0.2, 0.25) is 0 Å². The Morgan fingerprint density at radius 2 is 2.21 bits per heavy atom. The molecular weight excluding hydrogens is 264 g/mol. The summed E-state index contributed by atoms with van der Waals surface area (Å²) in [6.07, 6.45) is 4.31. The van der Waals surface area contributed by atoms with Crippen LogP contribution in [0, 0.1) is 0 Å². The number of carbonyl (C=O) groups excluding carboxylic acids is 1. The highest BCUT2D eigenvalue weighted by molar-refractivity contribution is 7.12. The van der Waals surface area contributed by atoms with Gasteiger partial charge in [0.1, 0.15) is 5.69 Å². The molecule has 0 unspecified atom stereocenters. The van der Waals surface area contributed by atoms with E-state index in [1.54, 1.807) is 18.3 Å². The van der Waals surface area contributed by atoms with Gasteiger partial charge in [-0.2, -0.15) is 0 Å². The Kier molecular flexibility index (Phi) is 4.15. The predicted molar refractivity (Wildman–Crippen MR) is 73.0 cm³/mol. The Morgan fingerprint density at radius 1 is 1.37 bits per heavy atom. The van der Waals surface area contributed by atoms with Crippen molar-refractivity contribution in [2.75, 3.05) is 0 Å². The second-order valence-corrected chi connectivity index (χ2v) is 4.94. The number of rotatable bonds is 5. The lowest BCUT2D eigenvalue weighted by Crippen LogP contribution is -2.22. The number of hydrogen-bond donors (Lipinski definition) is 3. The molecule has 1 amide bonds. The smallest absolute Gasteiger partial charge is 0.328 e. The van der Waals surface area contributed by atoms with Gasteiger partial charge in [-0.25, -0.2) is 4.79 Å². The number of aromatic nitrogens is 1. The third-order valence-electron chi connectivity index (χ3n) is 2.34. The van der Waals surface area contributed by atoms with E-state index in [4.69, 9.17) is 5.11 Å². The number of amides is 1. The molecule has 0 fully saturated rings. The molecule has 98 valence electrons. The van der Waals surface area contributed by atoms with Crippen LogP contribution in [0.3, 0.4) is 0 Å². The normalized spacial score (nSPS) is 10.7. The van der Waals surface area contributed by atoms with Crippen LogP contribution < -0.4 is 5.32 Å². The van der Waals surface area contributed by atoms with Gasteiger partial charge in [0.05, 0.1) is 6.54 Å². The summed E-state index contributed by atoms with van der Waals surface area (Å²) >= 11 is 1.44. The molecule has 6 heteroatoms. The minimum absolute atomic E-state index is 0.166. The molecule has 2 aromatic rings. The number of aromatic amines is 1. The van der Waals surface area contributed by atoms with E-state index in [1.807, 2.05) is 12.1 Å². The maximum absolute atomic E-state index is 11.7. The van der Waals surface area contributed by atoms with Gasteiger partial charge in [0.25, 0.3) is 5.91 Å². The Hall–Kier alpha value is -2.34. The van der Waals surface area contributed by atoms with Gasteiger partial charge in [-0.15, -0.1) is 11.3 Å². The largest absolute Gasteiger partial charge is 0.478 e. The van der Waals surface area contributed by atoms with Crippen LogP contribution in [0.2, 0.25) is 0 Å². The topological polar surface area (TPSA) is 82.2 Å². The summed E-state index contributed by atoms with van der Waals surface area (Å²) in [5, 5.41) is 11.3. The van der Waals surface area contributed by atoms with Crippen LogP contribution in [0.4, 0.5) is 0 Å². The van der Waals surface area contributed by atoms with Crippen molar-refractivity contribution in [3.8, 4) is 0 Å². The predicted octanol–water partition coefficient (Wildman–Crippen LogP) is 2.10. The van der Waals surface area contributed by atoms with E-state index in [2.05, 4.69) is 10.3 Å². The number of H-pyrrole nitrogens is 1. The summed E-state index contributed by atoms with van der Waals surface area (Å²) in [5.74, 6) is -1.14. The molecule has 19 heavy (non-hydrogen) atoms. The minimum Gasteiger partial charge on any atom is -0.478 e. The van der Waals surface area contributed by atoms with Gasteiger partial charge in [0.15, 0.2) is 0 Å². The molecule has 2 aromatic heterocycles. The van der Waals surface area contributed by atoms with E-state index in [9.17, 15) is 9.59 Å². The highest BCUT2D eigenvalue weighted by Gasteiger charge is 2.06. The zero-order valence-electron chi connectivity index (χ0n) is 9.92. The van der Waals surface area contributed by atoms with Crippen LogP contribution in [0.15, 0.2) is 36.5 Å². The van der Waals surface area contributed by atoms with Crippen molar-refractivity contribution in [1.82, 2.24) is 10.3 Å². The van der Waals surface area contributed by atoms with Crippen LogP contribution in [-0.2, 0) is 11.3 Å². The average molecular weight is 276 g/mol. The van der Waals surface area contributed by atoms with Crippen molar-refractivity contribution in [2.45, 2.75) is 6.54 Å². The second-order valence-electron chi connectivity index (χ2n) is 3.74. The van der Waals surface area contributed by atoms with Crippen LogP contribution in [0.1, 0.15) is 20.2 Å². The van der Waals surface area contributed by atoms with E-state index in [0.29, 0.717) is 12.2 Å². The van der Waals surface area contributed by atoms with Crippen LogP contribution >= 0.6 is 11.3 Å². The SMILES string of the molecule is O=C(O)C=Cc1ccc(CNC(=O)c2ccc[nH]2)s1. The maximum Gasteiger partial charge on any atom is 0.328 e. The van der Waals surface area contributed by atoms with E-state index in [1.165, 1.54) is 17.4 Å². The summed E-state index contributed by atoms with van der Waals surface area (Å²) < 4.78 is 0. The fourth-order valence-electron chi connectivity index (χ4n) is 1.47. The Morgan fingerprint density at radius 3 is 2.89 bits per heavy atom. The molecule has 2 rings (SSSR count). The third kappa shape index (κ3) is 3.82. The number of hydrogen-bond acceptors (Lipinski definition) is 3. The van der Waals surface area contributed by atoms with Gasteiger partial charge >= 0.3 is 5.97 Å². The van der Waals surface area contributed by atoms with E-state index < -0.39 is 5.97 Å². The van der Waals surface area contributed by atoms with Crippen molar-refractivity contribution in [3.63, 3.8) is 0 Å². The Bertz CT molecular complexity index is 599. The number of thiophene rings is 1. The molecule has 5 nitrogen and oxygen atoms in total. The molecule has 3 N–H and O–H groups in total. The zero-order valence-corrected chi connectivity index (χ0v) is 10.7. The quantitative estimate of drug-likeness (QED) is 0.731. The Balaban J connectivity index is 1.90. The average Bonchev–Trinajstić information content (AvgIpc) is 3.04. The summed E-state index contributed by atoms with van der Waals surface area (Å²) in [6.45, 7) is 0.420. The first kappa shape index (κ1) is 13.1. The van der Waals surface area contributed by atoms with Gasteiger partial charge in [-0.3, -0.25) is 4.79 Å². The van der Waals surface area contributed by atoms with E-state index >= 15 is 0 Å². The second kappa shape index (κ2) is 6.01. The standard InChI is InChI=1S/C13H12N2O3S/c16-12(17)6-5-9-3-4-10(19-9)8-15-13(18)11-2-1-7-14-11/h1-7,14H,8H2,(H,15,18)(H,16,17). The third-order valence-corrected chi connectivity index (χ3v) is 3.39. The maximum atomic E-state index is 11.7. The summed E-state index contributed by atoms with van der Waals surface area (Å²) in [6, 6.07) is 7.14. The lowest BCUT2D eigenvalue weighted by molar-refractivity contribution is -0.131. The monoisotopic (exact) mass is 276 g/mol. The molecule has 0 bridgehead atoms. The highest BCUT2D eigenvalue weighted by Crippen LogP contribution is 2.17. The number of carboxylic acids is 1. The number of carbonyl (C=O) groups is 2. The molecule has 0 aliphatic heterocycles. The van der Waals surface area contributed by atoms with E-state index in [-0.39, 0.29) is 5.91 Å². The lowest BCUT2D eigenvalue weighted by atomic mass is 10.3. The van der Waals surface area contributed by atoms with Crippen LogP contribution in [0.25, 0.3) is 6.08 Å². The van der Waals surface area contributed by atoms with Gasteiger partial charge in [0, 0.05) is 22.0 Å². The zero-order chi connectivity index (χ0) is 13.7. The fraction of sp³-hybridized carbons (Fsp3) is 0.0769. The molecule has 0 radical (unpaired) electrons. The summed E-state index contributed by atoms with van der Waals surface area (Å²) in [7, 11) is 0. The van der Waals surface area contributed by atoms with Crippen molar-refractivity contribution in [3.05, 3.63) is 52.0 Å². The molecule has 2 heterocycles. The number of carboxylic acid groups (broad SMARTS) is 1. The molecule has 0 saturated heterocycles. The first-order chi connectivity index (χ1) is 9.15. The molecule has 0 spiro atoms. The highest BCUT2D eigenvalue weighted by atomic mass is 32.1. The van der Waals surface area contributed by atoms with Crippen molar-refractivity contribution >= 4 is 29.3 Å². The number of nitrogens with one attached hydrogen (secondary N) is 2. The van der Waals surface area contributed by atoms with Crippen LogP contribution in [0.5, 0.6) is 0 Å². The lowest BCUT2D eigenvalue weighted by Gasteiger charge is -2.00. The van der Waals surface area contributed by atoms with E-state index in [0.717, 1.165) is 15.8 Å². The molecule has 0 aromatic carbocycles. The molecular formula is C13H12N2O3S. The molecule has 0 aliphatic carbocycles. The molecule has 0 saturated carbocycles. The summed E-state index contributed by atoms with van der Waals surface area (Å²) in [5.41, 5.74) is 0.516. The van der Waals surface area contributed by atoms with Crippen LogP contribution in [-0.4, -0.2) is 22.0 Å². The first-order valence-corrected chi connectivity index (χ1v) is 6.38. The fourth-order valence-corrected chi connectivity index (χ4v) is 2.32. The molecule has 0 aliphatic rings. The molecule has 0 atom stereocenters. The first-order valence-electron chi connectivity index (χ1n) is 5.56. The van der Waals surface area contributed by atoms with Gasteiger partial charge in [-0.1, -0.05) is 0 Å². The number of aliphatic carboxylic acids is 1. The minimum atomic E-state index is -0.977. The van der Waals surface area contributed by atoms with Crippen molar-refractivity contribution in [1.29, 1.82) is 0 Å². The van der Waals surface area contributed by atoms with Crippen molar-refractivity contribution < 1.29 is 14.7 Å². The summed E-state index contributed by atoms with van der Waals surface area (Å²) in [4.78, 5) is 26.7. The van der Waals surface area contributed by atoms with Gasteiger partial charge in [-0.05, 0) is 30.3 Å².